The lowest BCUT2D eigenvalue weighted by Gasteiger charge is -2.41. The first kappa shape index (κ1) is 31.3. The van der Waals surface area contributed by atoms with Gasteiger partial charge in [-0.25, -0.2) is 0 Å². The molecule has 3 saturated heterocycles. The Morgan fingerprint density at radius 1 is 1.22 bits per heavy atom. The van der Waals surface area contributed by atoms with Gasteiger partial charge in [-0.05, 0) is 43.7 Å². The smallest absolute Gasteiger partial charge is 0.253 e. The molecule has 41 heavy (non-hydrogen) atoms. The molecule has 3 aliphatic heterocycles. The van der Waals surface area contributed by atoms with Crippen LogP contribution < -0.4 is 4.90 Å². The number of hydrogen-bond donors (Lipinski definition) is 1. The number of rotatable bonds is 12. The van der Waals surface area contributed by atoms with E-state index in [0.717, 1.165) is 5.56 Å². The van der Waals surface area contributed by atoms with Crippen molar-refractivity contribution in [2.45, 2.75) is 76.7 Å². The summed E-state index contributed by atoms with van der Waals surface area (Å²) in [5.74, 6) is -2.53. The number of likely N-dealkylation sites (tertiary alicyclic amines) is 1. The summed E-state index contributed by atoms with van der Waals surface area (Å²) in [4.78, 5) is 48.2. The molecule has 3 amide bonds. The zero-order valence-electron chi connectivity index (χ0n) is 24.9. The Balaban J connectivity index is 1.93. The predicted octanol–water partition coefficient (Wildman–Crippen LogP) is 4.37. The molecule has 8 nitrogen and oxygen atoms in total. The molecule has 1 aromatic rings. The Bertz CT molecular complexity index is 1200. The van der Waals surface area contributed by atoms with Crippen LogP contribution in [0.5, 0.6) is 0 Å². The van der Waals surface area contributed by atoms with E-state index in [0.29, 0.717) is 42.9 Å². The van der Waals surface area contributed by atoms with Crippen molar-refractivity contribution in [1.29, 1.82) is 0 Å². The molecule has 0 radical (unpaired) electrons. The number of nitrogens with zero attached hydrogens (tertiary/aromatic N) is 3. The first-order valence-electron chi connectivity index (χ1n) is 14.7. The number of hydrogen-bond acceptors (Lipinski definition) is 5. The van der Waals surface area contributed by atoms with Crippen LogP contribution in [0.2, 0.25) is 5.02 Å². The van der Waals surface area contributed by atoms with E-state index in [4.69, 9.17) is 16.3 Å². The second-order valence-electron chi connectivity index (χ2n) is 11.9. The molecule has 4 rings (SSSR count). The number of anilines is 1. The standard InChI is InChI=1S/C32H44ClN3O5/c1-8-17-34(7)28(38)24-25-29(39)36(23(19-37)20(5)10-3)27(32(25)16-15-31(24,11-4)41-32)30(40)35(18-9-2)26-21(6)13-12-14-22(26)33/h8-9,12-14,20,23-25,27,37H,1-2,10-11,15-19H2,3-7H3/t20-,23-,24-,25-,27?,31+,32?/m0/s1. The second kappa shape index (κ2) is 11.9. The minimum atomic E-state index is -1.21. The summed E-state index contributed by atoms with van der Waals surface area (Å²) in [5, 5.41) is 11.0. The summed E-state index contributed by atoms with van der Waals surface area (Å²) in [5.41, 5.74) is -0.716. The van der Waals surface area contributed by atoms with Gasteiger partial charge in [0.2, 0.25) is 11.8 Å². The average molecular weight is 586 g/mol. The first-order valence-corrected chi connectivity index (χ1v) is 15.0. The van der Waals surface area contributed by atoms with Gasteiger partial charge in [-0.1, -0.05) is 63.1 Å². The number of ether oxygens (including phenoxy) is 1. The highest BCUT2D eigenvalue weighted by molar-refractivity contribution is 6.34. The van der Waals surface area contributed by atoms with Gasteiger partial charge < -0.3 is 24.5 Å². The number of aryl methyl sites for hydroxylation is 1. The average Bonchev–Trinajstić information content (AvgIpc) is 3.56. The minimum absolute atomic E-state index is 0.0979. The third-order valence-electron chi connectivity index (χ3n) is 9.78. The largest absolute Gasteiger partial charge is 0.394 e. The molecule has 3 heterocycles. The zero-order chi connectivity index (χ0) is 30.3. The molecule has 9 heteroatoms. The third-order valence-corrected chi connectivity index (χ3v) is 10.1. The minimum Gasteiger partial charge on any atom is -0.394 e. The second-order valence-corrected chi connectivity index (χ2v) is 12.3. The van der Waals surface area contributed by atoms with E-state index in [1.165, 1.54) is 0 Å². The van der Waals surface area contributed by atoms with Gasteiger partial charge in [0, 0.05) is 20.1 Å². The molecule has 3 aliphatic rings. The molecule has 2 bridgehead atoms. The van der Waals surface area contributed by atoms with Crippen LogP contribution in [0.3, 0.4) is 0 Å². The summed E-state index contributed by atoms with van der Waals surface area (Å²) < 4.78 is 6.93. The molecular formula is C32H44ClN3O5. The molecule has 0 aromatic heterocycles. The van der Waals surface area contributed by atoms with E-state index in [-0.39, 0.29) is 36.8 Å². The van der Waals surface area contributed by atoms with Gasteiger partial charge >= 0.3 is 0 Å². The third kappa shape index (κ3) is 4.72. The fourth-order valence-corrected chi connectivity index (χ4v) is 7.86. The van der Waals surface area contributed by atoms with E-state index < -0.39 is 35.1 Å². The van der Waals surface area contributed by atoms with Crippen molar-refractivity contribution >= 4 is 35.0 Å². The van der Waals surface area contributed by atoms with Crippen molar-refractivity contribution in [2.75, 3.05) is 31.6 Å². The van der Waals surface area contributed by atoms with Crippen LogP contribution in [0.25, 0.3) is 0 Å². The molecule has 1 aromatic carbocycles. The lowest BCUT2D eigenvalue weighted by atomic mass is 9.64. The van der Waals surface area contributed by atoms with Crippen molar-refractivity contribution in [1.82, 2.24) is 9.80 Å². The maximum Gasteiger partial charge on any atom is 0.253 e. The maximum atomic E-state index is 14.9. The first-order chi connectivity index (χ1) is 19.5. The van der Waals surface area contributed by atoms with Crippen LogP contribution in [0.15, 0.2) is 43.5 Å². The van der Waals surface area contributed by atoms with E-state index in [9.17, 15) is 19.5 Å². The number of aliphatic hydroxyl groups is 1. The number of likely N-dealkylation sites (N-methyl/N-ethyl adjacent to an activating group) is 1. The quantitative estimate of drug-likeness (QED) is 0.368. The van der Waals surface area contributed by atoms with E-state index in [2.05, 4.69) is 13.2 Å². The number of fused-ring (bicyclic) bond motifs is 1. The monoisotopic (exact) mass is 585 g/mol. The summed E-state index contributed by atoms with van der Waals surface area (Å²) in [6.07, 6.45) is 5.53. The Morgan fingerprint density at radius 3 is 2.46 bits per heavy atom. The van der Waals surface area contributed by atoms with Crippen LogP contribution >= 0.6 is 11.6 Å². The Hall–Kier alpha value is -2.68. The SMILES string of the molecule is C=CCN(C)C(=O)[C@@H]1[C@H]2C(=O)N([C@@H](CO)[C@@H](C)CC)C(C(=O)N(CC=C)c3c(C)cccc3Cl)C23CC[C@@]1(CC)O3. The highest BCUT2D eigenvalue weighted by Gasteiger charge is 2.79. The van der Waals surface area contributed by atoms with Gasteiger partial charge in [-0.2, -0.15) is 0 Å². The Labute approximate surface area is 248 Å². The van der Waals surface area contributed by atoms with Gasteiger partial charge in [0.15, 0.2) is 0 Å². The van der Waals surface area contributed by atoms with E-state index in [1.54, 1.807) is 40.0 Å². The molecule has 7 atom stereocenters. The predicted molar refractivity (Wildman–Crippen MR) is 161 cm³/mol. The van der Waals surface area contributed by atoms with Gasteiger partial charge in [0.1, 0.15) is 11.6 Å². The van der Waals surface area contributed by atoms with Gasteiger partial charge in [0.05, 0.1) is 40.8 Å². The summed E-state index contributed by atoms with van der Waals surface area (Å²) >= 11 is 6.66. The van der Waals surface area contributed by atoms with E-state index in [1.807, 2.05) is 39.8 Å². The van der Waals surface area contributed by atoms with Crippen LogP contribution in [0.4, 0.5) is 5.69 Å². The summed E-state index contributed by atoms with van der Waals surface area (Å²) in [6, 6.07) is 3.77. The van der Waals surface area contributed by atoms with Crippen molar-refractivity contribution in [3.8, 4) is 0 Å². The van der Waals surface area contributed by atoms with Gasteiger partial charge in [-0.15, -0.1) is 13.2 Å². The van der Waals surface area contributed by atoms with Crippen molar-refractivity contribution in [3.63, 3.8) is 0 Å². The normalized spacial score (nSPS) is 29.7. The topological polar surface area (TPSA) is 90.4 Å². The Kier molecular flexibility index (Phi) is 9.07. The van der Waals surface area contributed by atoms with Crippen LogP contribution in [-0.4, -0.2) is 82.7 Å². The van der Waals surface area contributed by atoms with Crippen molar-refractivity contribution in [2.24, 2.45) is 17.8 Å². The number of aliphatic hydroxyl groups excluding tert-OH is 1. The highest BCUT2D eigenvalue weighted by Crippen LogP contribution is 2.65. The fraction of sp³-hybridized carbons (Fsp3) is 0.594. The van der Waals surface area contributed by atoms with Crippen LogP contribution in [0.1, 0.15) is 52.0 Å². The number of para-hydroxylation sites is 1. The Morgan fingerprint density at radius 2 is 1.90 bits per heavy atom. The number of carbonyl (C=O) groups excluding carboxylic acids is 3. The molecule has 1 spiro atoms. The molecular weight excluding hydrogens is 542 g/mol. The van der Waals surface area contributed by atoms with Gasteiger partial charge in [-0.3, -0.25) is 14.4 Å². The molecule has 224 valence electrons. The van der Waals surface area contributed by atoms with Crippen molar-refractivity contribution < 1.29 is 24.2 Å². The molecule has 0 saturated carbocycles. The zero-order valence-corrected chi connectivity index (χ0v) is 25.7. The van der Waals surface area contributed by atoms with Crippen LogP contribution in [-0.2, 0) is 19.1 Å². The fourth-order valence-electron chi connectivity index (χ4n) is 7.54. The van der Waals surface area contributed by atoms with Gasteiger partial charge in [0.25, 0.3) is 5.91 Å². The number of carbonyl (C=O) groups is 3. The summed E-state index contributed by atoms with van der Waals surface area (Å²) in [7, 11) is 1.70. The van der Waals surface area contributed by atoms with Crippen molar-refractivity contribution in [3.05, 3.63) is 54.1 Å². The maximum absolute atomic E-state index is 14.9. The summed E-state index contributed by atoms with van der Waals surface area (Å²) in [6.45, 7) is 15.6. The highest BCUT2D eigenvalue weighted by atomic mass is 35.5. The number of halogens is 1. The lowest BCUT2D eigenvalue weighted by Crippen LogP contribution is -2.60. The number of amides is 3. The molecule has 0 aliphatic carbocycles. The molecule has 1 N–H and O–H groups in total. The molecule has 3 fully saturated rings. The lowest BCUT2D eigenvalue weighted by molar-refractivity contribution is -0.154. The number of benzene rings is 1. The van der Waals surface area contributed by atoms with E-state index >= 15 is 0 Å². The van der Waals surface area contributed by atoms with Crippen LogP contribution in [0, 0.1) is 24.7 Å². The molecule has 2 unspecified atom stereocenters.